The van der Waals surface area contributed by atoms with Gasteiger partial charge in [-0.1, -0.05) is 6.07 Å². The van der Waals surface area contributed by atoms with Crippen molar-refractivity contribution in [3.05, 3.63) is 34.9 Å². The van der Waals surface area contributed by atoms with Gasteiger partial charge >= 0.3 is 6.18 Å². The van der Waals surface area contributed by atoms with Crippen LogP contribution >= 0.6 is 0 Å². The highest BCUT2D eigenvalue weighted by atomic mass is 32.2. The van der Waals surface area contributed by atoms with Gasteiger partial charge in [0.05, 0.1) is 16.1 Å². The summed E-state index contributed by atoms with van der Waals surface area (Å²) in [5, 5.41) is -0.934. The van der Waals surface area contributed by atoms with E-state index in [4.69, 9.17) is 0 Å². The van der Waals surface area contributed by atoms with Gasteiger partial charge in [0.1, 0.15) is 0 Å². The van der Waals surface area contributed by atoms with Crippen LogP contribution in [0.25, 0.3) is 0 Å². The number of hydrogen-bond donors (Lipinski definition) is 0. The summed E-state index contributed by atoms with van der Waals surface area (Å²) < 4.78 is 62.4. The lowest BCUT2D eigenvalue weighted by molar-refractivity contribution is -0.138. The molecule has 0 N–H and O–H groups in total. The van der Waals surface area contributed by atoms with E-state index in [1.165, 1.54) is 19.1 Å². The van der Waals surface area contributed by atoms with Gasteiger partial charge in [0.2, 0.25) is 0 Å². The van der Waals surface area contributed by atoms with Crippen LogP contribution < -0.4 is 0 Å². The zero-order valence-electron chi connectivity index (χ0n) is 12.6. The number of halogens is 3. The van der Waals surface area contributed by atoms with Crippen LogP contribution in [0.2, 0.25) is 0 Å². The minimum absolute atomic E-state index is 0.00903. The van der Waals surface area contributed by atoms with E-state index in [1.54, 1.807) is 0 Å². The second-order valence-corrected chi connectivity index (χ2v) is 8.98. The van der Waals surface area contributed by atoms with Crippen LogP contribution in [0.5, 0.6) is 0 Å². The van der Waals surface area contributed by atoms with Gasteiger partial charge in [0.25, 0.3) is 0 Å². The molecule has 3 rings (SSSR count). The van der Waals surface area contributed by atoms with Crippen molar-refractivity contribution in [2.24, 2.45) is 5.92 Å². The summed E-state index contributed by atoms with van der Waals surface area (Å²) in [7, 11) is -3.11. The molecule has 3 nitrogen and oxygen atoms in total. The van der Waals surface area contributed by atoms with Crippen LogP contribution in [0.4, 0.5) is 13.2 Å². The van der Waals surface area contributed by atoms with Gasteiger partial charge in [-0.25, -0.2) is 8.42 Å². The summed E-state index contributed by atoms with van der Waals surface area (Å²) in [6.07, 6.45) is -2.69. The second kappa shape index (κ2) is 5.33. The van der Waals surface area contributed by atoms with E-state index >= 15 is 0 Å². The summed E-state index contributed by atoms with van der Waals surface area (Å²) in [4.78, 5) is 12.6. The summed E-state index contributed by atoms with van der Waals surface area (Å²) >= 11 is 0. The molecule has 2 fully saturated rings. The Morgan fingerprint density at radius 1 is 1.13 bits per heavy atom. The van der Waals surface area contributed by atoms with Gasteiger partial charge in [0, 0.05) is 11.5 Å². The number of aryl methyl sites for hydroxylation is 1. The Morgan fingerprint density at radius 2 is 1.70 bits per heavy atom. The number of fused-ring (bicyclic) bond motifs is 2. The first-order chi connectivity index (χ1) is 10.6. The minimum Gasteiger partial charge on any atom is -0.294 e. The molecule has 0 aromatic heterocycles. The van der Waals surface area contributed by atoms with E-state index in [0.29, 0.717) is 12.8 Å². The number of carbonyl (C=O) groups excluding carboxylic acids is 1. The molecular formula is C16H17F3O3S. The number of sulfone groups is 1. The predicted octanol–water partition coefficient (Wildman–Crippen LogP) is 3.55. The van der Waals surface area contributed by atoms with Crippen molar-refractivity contribution in [1.82, 2.24) is 0 Å². The largest absolute Gasteiger partial charge is 0.416 e. The first kappa shape index (κ1) is 16.5. The predicted molar refractivity (Wildman–Crippen MR) is 79.0 cm³/mol. The molecule has 2 saturated heterocycles. The van der Waals surface area contributed by atoms with E-state index in [-0.39, 0.29) is 29.8 Å². The van der Waals surface area contributed by atoms with Gasteiger partial charge in [-0.3, -0.25) is 4.79 Å². The summed E-state index contributed by atoms with van der Waals surface area (Å²) in [6, 6.07) is 3.38. The third kappa shape index (κ3) is 2.79. The second-order valence-electron chi connectivity index (χ2n) is 6.47. The molecule has 0 amide bonds. The number of hydrogen-bond acceptors (Lipinski definition) is 3. The fraction of sp³-hybridized carbons (Fsp3) is 0.562. The Morgan fingerprint density at radius 3 is 2.17 bits per heavy atom. The van der Waals surface area contributed by atoms with Gasteiger partial charge in [0.15, 0.2) is 15.6 Å². The van der Waals surface area contributed by atoms with Gasteiger partial charge in [-0.05, 0) is 50.3 Å². The van der Waals surface area contributed by atoms with Crippen LogP contribution in [-0.2, 0) is 16.0 Å². The molecule has 2 aliphatic heterocycles. The molecule has 2 heterocycles. The third-order valence-electron chi connectivity index (χ3n) is 5.02. The molecule has 0 spiro atoms. The Bertz CT molecular complexity index is 732. The lowest BCUT2D eigenvalue weighted by Crippen LogP contribution is -2.36. The number of benzene rings is 1. The molecule has 0 radical (unpaired) electrons. The fourth-order valence-electron chi connectivity index (χ4n) is 3.79. The third-order valence-corrected chi connectivity index (χ3v) is 7.74. The highest BCUT2D eigenvalue weighted by molar-refractivity contribution is 7.93. The smallest absolute Gasteiger partial charge is 0.294 e. The highest BCUT2D eigenvalue weighted by Gasteiger charge is 2.48. The van der Waals surface area contributed by atoms with Crippen LogP contribution in [0.15, 0.2) is 18.2 Å². The number of carbonyl (C=O) groups is 1. The lowest BCUT2D eigenvalue weighted by atomic mass is 9.89. The van der Waals surface area contributed by atoms with E-state index < -0.39 is 38.0 Å². The number of alkyl halides is 3. The maximum absolute atomic E-state index is 12.8. The Kier molecular flexibility index (Phi) is 3.82. The zero-order chi connectivity index (χ0) is 17.0. The Labute approximate surface area is 132 Å². The molecule has 0 aliphatic carbocycles. The Balaban J connectivity index is 1.84. The standard InChI is InChI=1S/C16H17F3O3S/c1-9-6-10(2-5-14(9)16(17,18)19)15(20)11-7-12-3-4-13(8-11)23(12,21)22/h2,5-6,11-13H,3-4,7-8H2,1H3. The molecular weight excluding hydrogens is 329 g/mol. The van der Waals surface area contributed by atoms with E-state index in [0.717, 1.165) is 6.07 Å². The number of ketones is 1. The molecule has 2 unspecified atom stereocenters. The van der Waals surface area contributed by atoms with Crippen molar-refractivity contribution in [1.29, 1.82) is 0 Å². The maximum Gasteiger partial charge on any atom is 0.416 e. The van der Waals surface area contributed by atoms with Crippen molar-refractivity contribution in [2.45, 2.75) is 49.3 Å². The first-order valence-electron chi connectivity index (χ1n) is 7.55. The highest BCUT2D eigenvalue weighted by Crippen LogP contribution is 2.42. The van der Waals surface area contributed by atoms with E-state index in [1.807, 2.05) is 0 Å². The van der Waals surface area contributed by atoms with Crippen molar-refractivity contribution < 1.29 is 26.4 Å². The average molecular weight is 346 g/mol. The zero-order valence-corrected chi connectivity index (χ0v) is 13.4. The maximum atomic E-state index is 12.8. The minimum atomic E-state index is -4.44. The molecule has 1 aromatic rings. The Hall–Kier alpha value is -1.37. The molecule has 2 aliphatic rings. The first-order valence-corrected chi connectivity index (χ1v) is 9.16. The van der Waals surface area contributed by atoms with E-state index in [2.05, 4.69) is 0 Å². The molecule has 0 saturated carbocycles. The van der Waals surface area contributed by atoms with Crippen LogP contribution in [0.1, 0.15) is 47.2 Å². The summed E-state index contributed by atoms with van der Waals surface area (Å²) in [5.41, 5.74) is -0.505. The van der Waals surface area contributed by atoms with Crippen molar-refractivity contribution in [3.63, 3.8) is 0 Å². The summed E-state index contributed by atoms with van der Waals surface area (Å²) in [6.45, 7) is 1.33. The van der Waals surface area contributed by atoms with Crippen LogP contribution in [0.3, 0.4) is 0 Å². The van der Waals surface area contributed by atoms with Gasteiger partial charge in [-0.2, -0.15) is 13.2 Å². The molecule has 23 heavy (non-hydrogen) atoms. The van der Waals surface area contributed by atoms with Crippen molar-refractivity contribution >= 4 is 15.6 Å². The van der Waals surface area contributed by atoms with Gasteiger partial charge < -0.3 is 0 Å². The molecule has 2 bridgehead atoms. The fourth-order valence-corrected chi connectivity index (χ4v) is 6.27. The number of rotatable bonds is 2. The topological polar surface area (TPSA) is 51.2 Å². The normalized spacial score (nSPS) is 29.5. The van der Waals surface area contributed by atoms with Crippen molar-refractivity contribution in [2.75, 3.05) is 0 Å². The van der Waals surface area contributed by atoms with Crippen molar-refractivity contribution in [3.8, 4) is 0 Å². The monoisotopic (exact) mass is 346 g/mol. The lowest BCUT2D eigenvalue weighted by Gasteiger charge is -2.27. The molecule has 2 atom stereocenters. The molecule has 126 valence electrons. The number of Topliss-reactive ketones (excluding diaryl/α,β-unsaturated/α-hetero) is 1. The summed E-state index contributed by atoms with van der Waals surface area (Å²) in [5.74, 6) is -0.652. The SMILES string of the molecule is Cc1cc(C(=O)C2CC3CCC(C2)S3(=O)=O)ccc1C(F)(F)F. The van der Waals surface area contributed by atoms with Crippen LogP contribution in [-0.4, -0.2) is 24.7 Å². The van der Waals surface area contributed by atoms with E-state index in [9.17, 15) is 26.4 Å². The molecule has 7 heteroatoms. The average Bonchev–Trinajstić information content (AvgIpc) is 2.65. The van der Waals surface area contributed by atoms with Crippen LogP contribution in [0, 0.1) is 12.8 Å². The van der Waals surface area contributed by atoms with Gasteiger partial charge in [-0.15, -0.1) is 0 Å². The quantitative estimate of drug-likeness (QED) is 0.770. The molecule has 1 aromatic carbocycles.